The first-order chi connectivity index (χ1) is 10.2. The largest absolute Gasteiger partial charge is 0.381 e. The summed E-state index contributed by atoms with van der Waals surface area (Å²) in [7, 11) is 0. The second-order valence-electron chi connectivity index (χ2n) is 4.71. The molecule has 4 nitrogen and oxygen atoms in total. The van der Waals surface area contributed by atoms with Crippen LogP contribution >= 0.6 is 11.8 Å². The molecule has 1 heterocycles. The summed E-state index contributed by atoms with van der Waals surface area (Å²) in [6, 6.07) is 15.5. The van der Waals surface area contributed by atoms with Crippen molar-refractivity contribution in [3.63, 3.8) is 0 Å². The van der Waals surface area contributed by atoms with Crippen molar-refractivity contribution in [2.24, 2.45) is 0 Å². The Morgan fingerprint density at radius 1 is 1.24 bits per heavy atom. The van der Waals surface area contributed by atoms with Gasteiger partial charge >= 0.3 is 0 Å². The molecule has 0 aromatic heterocycles. The topological polar surface area (TPSA) is 64.9 Å². The van der Waals surface area contributed by atoms with E-state index in [0.717, 1.165) is 21.8 Å². The van der Waals surface area contributed by atoms with Crippen LogP contribution in [0.2, 0.25) is 0 Å². The molecule has 0 unspecified atom stereocenters. The third kappa shape index (κ3) is 3.18. The summed E-state index contributed by atoms with van der Waals surface area (Å²) < 4.78 is 0. The molecule has 104 valence electrons. The molecule has 0 fully saturated rings. The SMILES string of the molecule is N#Cc1ccc(CNc2ccc3c(c2)NC(=O)CS3)cc1. The number of fused-ring (bicyclic) bond motifs is 1. The molecule has 0 bridgehead atoms. The van der Waals surface area contributed by atoms with Gasteiger partial charge in [0.2, 0.25) is 5.91 Å². The van der Waals surface area contributed by atoms with Gasteiger partial charge in [-0.15, -0.1) is 11.8 Å². The number of nitrogens with zero attached hydrogens (tertiary/aromatic N) is 1. The van der Waals surface area contributed by atoms with E-state index in [1.165, 1.54) is 0 Å². The molecule has 1 amide bonds. The molecule has 0 saturated carbocycles. The van der Waals surface area contributed by atoms with E-state index in [9.17, 15) is 4.79 Å². The van der Waals surface area contributed by atoms with Gasteiger partial charge in [0.1, 0.15) is 0 Å². The average molecular weight is 295 g/mol. The van der Waals surface area contributed by atoms with Crippen molar-refractivity contribution >= 4 is 29.0 Å². The van der Waals surface area contributed by atoms with Crippen molar-refractivity contribution < 1.29 is 4.79 Å². The van der Waals surface area contributed by atoms with Crippen molar-refractivity contribution in [2.45, 2.75) is 11.4 Å². The Hall–Kier alpha value is -2.45. The first kappa shape index (κ1) is 13.5. The van der Waals surface area contributed by atoms with Gasteiger partial charge in [0.15, 0.2) is 0 Å². The number of thioether (sulfide) groups is 1. The summed E-state index contributed by atoms with van der Waals surface area (Å²) in [5, 5.41) is 15.0. The van der Waals surface area contributed by atoms with E-state index >= 15 is 0 Å². The monoisotopic (exact) mass is 295 g/mol. The number of hydrogen-bond donors (Lipinski definition) is 2. The van der Waals surface area contributed by atoms with Gasteiger partial charge in [-0.1, -0.05) is 12.1 Å². The lowest BCUT2D eigenvalue weighted by molar-refractivity contribution is -0.113. The van der Waals surface area contributed by atoms with Gasteiger partial charge in [0.25, 0.3) is 0 Å². The van der Waals surface area contributed by atoms with Crippen molar-refractivity contribution in [1.82, 2.24) is 0 Å². The molecule has 1 aliphatic rings. The van der Waals surface area contributed by atoms with Crippen LogP contribution in [0.4, 0.5) is 11.4 Å². The van der Waals surface area contributed by atoms with E-state index in [-0.39, 0.29) is 5.91 Å². The van der Waals surface area contributed by atoms with Crippen molar-refractivity contribution in [3.8, 4) is 6.07 Å². The zero-order chi connectivity index (χ0) is 14.7. The maximum absolute atomic E-state index is 11.4. The summed E-state index contributed by atoms with van der Waals surface area (Å²) in [5.74, 6) is 0.516. The smallest absolute Gasteiger partial charge is 0.234 e. The highest BCUT2D eigenvalue weighted by atomic mass is 32.2. The van der Waals surface area contributed by atoms with E-state index in [0.29, 0.717) is 17.9 Å². The zero-order valence-corrected chi connectivity index (χ0v) is 12.0. The molecule has 0 spiro atoms. The molecule has 2 aromatic rings. The van der Waals surface area contributed by atoms with Crippen molar-refractivity contribution in [2.75, 3.05) is 16.4 Å². The van der Waals surface area contributed by atoms with Crippen LogP contribution in [0, 0.1) is 11.3 Å². The number of amides is 1. The van der Waals surface area contributed by atoms with Gasteiger partial charge in [-0.2, -0.15) is 5.26 Å². The summed E-state index contributed by atoms with van der Waals surface area (Å²) in [5.41, 5.74) is 3.58. The Kier molecular flexibility index (Phi) is 3.80. The van der Waals surface area contributed by atoms with E-state index < -0.39 is 0 Å². The minimum Gasteiger partial charge on any atom is -0.381 e. The van der Waals surface area contributed by atoms with Gasteiger partial charge in [-0.25, -0.2) is 0 Å². The van der Waals surface area contributed by atoms with Crippen LogP contribution in [0.25, 0.3) is 0 Å². The maximum atomic E-state index is 11.4. The highest BCUT2D eigenvalue weighted by Gasteiger charge is 2.15. The first-order valence-corrected chi connectivity index (χ1v) is 7.53. The molecule has 0 radical (unpaired) electrons. The molecule has 0 atom stereocenters. The maximum Gasteiger partial charge on any atom is 0.234 e. The predicted molar refractivity (Wildman–Crippen MR) is 84.3 cm³/mol. The van der Waals surface area contributed by atoms with Crippen LogP contribution < -0.4 is 10.6 Å². The van der Waals surface area contributed by atoms with Gasteiger partial charge in [0, 0.05) is 17.1 Å². The number of hydrogen-bond acceptors (Lipinski definition) is 4. The second-order valence-corrected chi connectivity index (χ2v) is 5.73. The van der Waals surface area contributed by atoms with Gasteiger partial charge in [0.05, 0.1) is 23.1 Å². The number of benzene rings is 2. The molecule has 1 aliphatic heterocycles. The molecule has 5 heteroatoms. The van der Waals surface area contributed by atoms with Crippen LogP contribution in [0.1, 0.15) is 11.1 Å². The normalized spacial score (nSPS) is 13.0. The highest BCUT2D eigenvalue weighted by molar-refractivity contribution is 8.00. The van der Waals surface area contributed by atoms with Gasteiger partial charge in [-0.3, -0.25) is 4.79 Å². The highest BCUT2D eigenvalue weighted by Crippen LogP contribution is 2.33. The average Bonchev–Trinajstić information content (AvgIpc) is 2.53. The number of anilines is 2. The number of nitriles is 1. The number of carbonyl (C=O) groups is 1. The fourth-order valence-corrected chi connectivity index (χ4v) is 2.88. The molecule has 21 heavy (non-hydrogen) atoms. The van der Waals surface area contributed by atoms with Crippen LogP contribution in [-0.4, -0.2) is 11.7 Å². The van der Waals surface area contributed by atoms with Crippen LogP contribution in [-0.2, 0) is 11.3 Å². The van der Waals surface area contributed by atoms with Crippen LogP contribution in [0.3, 0.4) is 0 Å². The standard InChI is InChI=1S/C16H13N3OS/c17-8-11-1-3-12(4-2-11)9-18-13-5-6-15-14(7-13)19-16(20)10-21-15/h1-7,18H,9-10H2,(H,19,20). The molecular weight excluding hydrogens is 282 g/mol. The molecule has 3 rings (SSSR count). The fourth-order valence-electron chi connectivity index (χ4n) is 2.09. The fraction of sp³-hybridized carbons (Fsp3) is 0.125. The lowest BCUT2D eigenvalue weighted by Gasteiger charge is -2.17. The zero-order valence-electron chi connectivity index (χ0n) is 11.2. The molecule has 2 N–H and O–H groups in total. The van der Waals surface area contributed by atoms with E-state index in [1.807, 2.05) is 30.3 Å². The Balaban J connectivity index is 1.69. The predicted octanol–water partition coefficient (Wildman–Crippen LogP) is 3.21. The first-order valence-electron chi connectivity index (χ1n) is 6.54. The Morgan fingerprint density at radius 2 is 2.05 bits per heavy atom. The lowest BCUT2D eigenvalue weighted by Crippen LogP contribution is -2.18. The minimum atomic E-state index is 0.0387. The Bertz CT molecular complexity index is 719. The quantitative estimate of drug-likeness (QED) is 0.912. The second kappa shape index (κ2) is 5.90. The summed E-state index contributed by atoms with van der Waals surface area (Å²) in [6.45, 7) is 0.672. The minimum absolute atomic E-state index is 0.0387. The number of carbonyl (C=O) groups excluding carboxylic acids is 1. The molecule has 2 aromatic carbocycles. The van der Waals surface area contributed by atoms with Gasteiger partial charge in [-0.05, 0) is 35.9 Å². The summed E-state index contributed by atoms with van der Waals surface area (Å²) in [6.07, 6.45) is 0. The van der Waals surface area contributed by atoms with Crippen LogP contribution in [0.15, 0.2) is 47.4 Å². The van der Waals surface area contributed by atoms with E-state index in [4.69, 9.17) is 5.26 Å². The van der Waals surface area contributed by atoms with E-state index in [1.54, 1.807) is 23.9 Å². The number of nitrogens with one attached hydrogen (secondary N) is 2. The number of rotatable bonds is 3. The molecular formula is C16H13N3OS. The Labute approximate surface area is 127 Å². The summed E-state index contributed by atoms with van der Waals surface area (Å²) >= 11 is 1.55. The molecule has 0 saturated heterocycles. The lowest BCUT2D eigenvalue weighted by atomic mass is 10.1. The van der Waals surface area contributed by atoms with Crippen molar-refractivity contribution in [3.05, 3.63) is 53.6 Å². The molecule has 0 aliphatic carbocycles. The third-order valence-electron chi connectivity index (χ3n) is 3.19. The Morgan fingerprint density at radius 3 is 2.81 bits per heavy atom. The summed E-state index contributed by atoms with van der Waals surface area (Å²) in [4.78, 5) is 12.5. The van der Waals surface area contributed by atoms with Crippen LogP contribution in [0.5, 0.6) is 0 Å². The van der Waals surface area contributed by atoms with Gasteiger partial charge < -0.3 is 10.6 Å². The third-order valence-corrected chi connectivity index (χ3v) is 4.27. The van der Waals surface area contributed by atoms with E-state index in [2.05, 4.69) is 16.7 Å². The van der Waals surface area contributed by atoms with Crippen molar-refractivity contribution in [1.29, 1.82) is 5.26 Å².